The molecule has 5 heteroatoms. The van der Waals surface area contributed by atoms with E-state index in [1.807, 2.05) is 0 Å². The zero-order valence-corrected chi connectivity index (χ0v) is 11.2. The third kappa shape index (κ3) is 4.06. The number of amides is 1. The van der Waals surface area contributed by atoms with Gasteiger partial charge in [-0.25, -0.2) is 4.79 Å². The number of esters is 1. The number of nitrogens with one attached hydrogen (secondary N) is 1. The van der Waals surface area contributed by atoms with Crippen molar-refractivity contribution < 1.29 is 19.4 Å². The van der Waals surface area contributed by atoms with E-state index >= 15 is 0 Å². The molecule has 1 aliphatic rings. The van der Waals surface area contributed by atoms with E-state index in [1.54, 1.807) is 30.3 Å². The lowest BCUT2D eigenvalue weighted by atomic mass is 10.1. The fourth-order valence-corrected chi connectivity index (χ4v) is 2.33. The third-order valence-corrected chi connectivity index (χ3v) is 3.40. The standard InChI is InChI=1S/C15H19NO4/c17-13(16-12-8-4-5-9-12)10-20-15(19)14(18)11-6-2-1-3-7-11/h1-3,6-7,12,14,18H,4-5,8-10H2,(H,16,17)/t14-/m1/s1. The van der Waals surface area contributed by atoms with Gasteiger partial charge in [-0.1, -0.05) is 43.2 Å². The first kappa shape index (κ1) is 14.5. The number of hydrogen-bond donors (Lipinski definition) is 2. The molecule has 1 fully saturated rings. The molecule has 0 spiro atoms. The first-order chi connectivity index (χ1) is 9.66. The van der Waals surface area contributed by atoms with Gasteiger partial charge in [0.05, 0.1) is 0 Å². The normalized spacial score (nSPS) is 16.6. The van der Waals surface area contributed by atoms with E-state index in [0.29, 0.717) is 5.56 Å². The number of hydrogen-bond acceptors (Lipinski definition) is 4. The van der Waals surface area contributed by atoms with E-state index in [-0.39, 0.29) is 18.6 Å². The SMILES string of the molecule is O=C(COC(=O)[C@H](O)c1ccccc1)NC1CCCC1. The Morgan fingerprint density at radius 3 is 2.55 bits per heavy atom. The molecule has 0 aliphatic heterocycles. The molecule has 1 aromatic carbocycles. The molecule has 0 unspecified atom stereocenters. The lowest BCUT2D eigenvalue weighted by Gasteiger charge is -2.13. The van der Waals surface area contributed by atoms with Gasteiger partial charge in [0.15, 0.2) is 12.7 Å². The van der Waals surface area contributed by atoms with Crippen molar-refractivity contribution >= 4 is 11.9 Å². The van der Waals surface area contributed by atoms with Gasteiger partial charge in [-0.15, -0.1) is 0 Å². The smallest absolute Gasteiger partial charge is 0.340 e. The molecular formula is C15H19NO4. The summed E-state index contributed by atoms with van der Waals surface area (Å²) in [7, 11) is 0. The molecule has 0 radical (unpaired) electrons. The summed E-state index contributed by atoms with van der Waals surface area (Å²) in [5, 5.41) is 12.6. The summed E-state index contributed by atoms with van der Waals surface area (Å²) in [5.41, 5.74) is 0.453. The highest BCUT2D eigenvalue weighted by molar-refractivity contribution is 5.82. The number of carbonyl (C=O) groups excluding carboxylic acids is 2. The average molecular weight is 277 g/mol. The Morgan fingerprint density at radius 2 is 1.90 bits per heavy atom. The van der Waals surface area contributed by atoms with Gasteiger partial charge in [0.1, 0.15) is 0 Å². The fraction of sp³-hybridized carbons (Fsp3) is 0.467. The van der Waals surface area contributed by atoms with Crippen LogP contribution in [-0.2, 0) is 14.3 Å². The molecule has 108 valence electrons. The van der Waals surface area contributed by atoms with Gasteiger partial charge < -0.3 is 15.2 Å². The van der Waals surface area contributed by atoms with Crippen LogP contribution in [0, 0.1) is 0 Å². The van der Waals surface area contributed by atoms with Gasteiger partial charge in [0.25, 0.3) is 5.91 Å². The van der Waals surface area contributed by atoms with Gasteiger partial charge >= 0.3 is 5.97 Å². The van der Waals surface area contributed by atoms with E-state index in [4.69, 9.17) is 4.74 Å². The average Bonchev–Trinajstić information content (AvgIpc) is 2.97. The lowest BCUT2D eigenvalue weighted by Crippen LogP contribution is -2.36. The van der Waals surface area contributed by atoms with Gasteiger partial charge in [-0.2, -0.15) is 0 Å². The van der Waals surface area contributed by atoms with Gasteiger partial charge in [-0.3, -0.25) is 4.79 Å². The van der Waals surface area contributed by atoms with Crippen LogP contribution < -0.4 is 5.32 Å². The summed E-state index contributed by atoms with van der Waals surface area (Å²) in [6.45, 7) is -0.348. The predicted molar refractivity (Wildman–Crippen MR) is 72.8 cm³/mol. The second kappa shape index (κ2) is 7.05. The molecule has 5 nitrogen and oxygen atoms in total. The minimum atomic E-state index is -1.35. The topological polar surface area (TPSA) is 75.6 Å². The highest BCUT2D eigenvalue weighted by Crippen LogP contribution is 2.17. The van der Waals surface area contributed by atoms with Crippen LogP contribution >= 0.6 is 0 Å². The van der Waals surface area contributed by atoms with Crippen molar-refractivity contribution in [3.8, 4) is 0 Å². The Balaban J connectivity index is 1.75. The van der Waals surface area contributed by atoms with Crippen molar-refractivity contribution in [3.63, 3.8) is 0 Å². The quantitative estimate of drug-likeness (QED) is 0.796. The Kier molecular flexibility index (Phi) is 5.12. The molecule has 1 amide bonds. The molecule has 1 saturated carbocycles. The maximum atomic E-state index is 11.6. The lowest BCUT2D eigenvalue weighted by molar-refractivity contribution is -0.157. The second-order valence-corrected chi connectivity index (χ2v) is 4.97. The maximum absolute atomic E-state index is 11.6. The van der Waals surface area contributed by atoms with Crippen molar-refractivity contribution in [2.24, 2.45) is 0 Å². The van der Waals surface area contributed by atoms with E-state index in [1.165, 1.54) is 0 Å². The van der Waals surface area contributed by atoms with E-state index < -0.39 is 12.1 Å². The van der Waals surface area contributed by atoms with Crippen molar-refractivity contribution in [2.75, 3.05) is 6.61 Å². The maximum Gasteiger partial charge on any atom is 0.340 e. The fourth-order valence-electron chi connectivity index (χ4n) is 2.33. The Bertz CT molecular complexity index is 454. The zero-order valence-electron chi connectivity index (χ0n) is 11.2. The summed E-state index contributed by atoms with van der Waals surface area (Å²) in [6.07, 6.45) is 2.85. The molecule has 0 heterocycles. The van der Waals surface area contributed by atoms with Crippen LogP contribution in [0.25, 0.3) is 0 Å². The first-order valence-electron chi connectivity index (χ1n) is 6.86. The number of ether oxygens (including phenoxy) is 1. The van der Waals surface area contributed by atoms with Crippen LogP contribution in [0.15, 0.2) is 30.3 Å². The minimum absolute atomic E-state index is 0.195. The molecule has 1 atom stereocenters. The summed E-state index contributed by atoms with van der Waals surface area (Å²) < 4.78 is 4.83. The molecule has 2 N–H and O–H groups in total. The zero-order chi connectivity index (χ0) is 14.4. The molecule has 1 aliphatic carbocycles. The predicted octanol–water partition coefficient (Wildman–Crippen LogP) is 1.32. The number of benzene rings is 1. The number of aliphatic hydroxyl groups is 1. The molecule has 1 aromatic rings. The minimum Gasteiger partial charge on any atom is -0.453 e. The van der Waals surface area contributed by atoms with Crippen LogP contribution in [0.2, 0.25) is 0 Å². The van der Waals surface area contributed by atoms with Crippen LogP contribution in [0.5, 0.6) is 0 Å². The monoisotopic (exact) mass is 277 g/mol. The first-order valence-corrected chi connectivity index (χ1v) is 6.86. The third-order valence-electron chi connectivity index (χ3n) is 3.40. The molecular weight excluding hydrogens is 258 g/mol. The molecule has 0 bridgehead atoms. The molecule has 0 saturated heterocycles. The summed E-state index contributed by atoms with van der Waals surface area (Å²) in [6, 6.07) is 8.68. The number of aliphatic hydroxyl groups excluding tert-OH is 1. The van der Waals surface area contributed by atoms with E-state index in [9.17, 15) is 14.7 Å². The van der Waals surface area contributed by atoms with Gasteiger partial charge in [0, 0.05) is 6.04 Å². The number of rotatable bonds is 5. The Hall–Kier alpha value is -1.88. The molecule has 20 heavy (non-hydrogen) atoms. The summed E-state index contributed by atoms with van der Waals surface area (Å²) >= 11 is 0. The summed E-state index contributed by atoms with van der Waals surface area (Å²) in [5.74, 6) is -1.12. The summed E-state index contributed by atoms with van der Waals surface area (Å²) in [4.78, 5) is 23.2. The van der Waals surface area contributed by atoms with Gasteiger partial charge in [0.2, 0.25) is 0 Å². The van der Waals surface area contributed by atoms with E-state index in [0.717, 1.165) is 25.7 Å². The largest absolute Gasteiger partial charge is 0.453 e. The molecule has 0 aromatic heterocycles. The van der Waals surface area contributed by atoms with Crippen LogP contribution in [0.3, 0.4) is 0 Å². The van der Waals surface area contributed by atoms with E-state index in [2.05, 4.69) is 5.32 Å². The van der Waals surface area contributed by atoms with Crippen molar-refractivity contribution in [1.29, 1.82) is 0 Å². The van der Waals surface area contributed by atoms with Crippen LogP contribution in [0.1, 0.15) is 37.4 Å². The Labute approximate surface area is 117 Å². The van der Waals surface area contributed by atoms with Crippen molar-refractivity contribution in [3.05, 3.63) is 35.9 Å². The molecule has 2 rings (SSSR count). The van der Waals surface area contributed by atoms with Crippen LogP contribution in [0.4, 0.5) is 0 Å². The number of carbonyl (C=O) groups is 2. The van der Waals surface area contributed by atoms with Crippen molar-refractivity contribution in [2.45, 2.75) is 37.8 Å². The highest BCUT2D eigenvalue weighted by Gasteiger charge is 2.21. The van der Waals surface area contributed by atoms with Gasteiger partial charge in [-0.05, 0) is 18.4 Å². The highest BCUT2D eigenvalue weighted by atomic mass is 16.5. The second-order valence-electron chi connectivity index (χ2n) is 4.97. The Morgan fingerprint density at radius 1 is 1.25 bits per heavy atom. The van der Waals surface area contributed by atoms with Crippen LogP contribution in [-0.4, -0.2) is 29.6 Å². The van der Waals surface area contributed by atoms with Crippen molar-refractivity contribution in [1.82, 2.24) is 5.32 Å².